The van der Waals surface area contributed by atoms with Crippen LogP contribution in [0.2, 0.25) is 0 Å². The molecular formula is C29H35F3N6O4. The molecule has 1 aliphatic rings. The summed E-state index contributed by atoms with van der Waals surface area (Å²) in [5.74, 6) is -0.323. The van der Waals surface area contributed by atoms with Crippen LogP contribution in [0.3, 0.4) is 0 Å². The predicted molar refractivity (Wildman–Crippen MR) is 150 cm³/mol. The Morgan fingerprint density at radius 3 is 2.50 bits per heavy atom. The number of halogens is 3. The molecule has 42 heavy (non-hydrogen) atoms. The minimum absolute atomic E-state index is 0.00651. The molecule has 1 aromatic carbocycles. The van der Waals surface area contributed by atoms with E-state index < -0.39 is 41.0 Å². The molecule has 0 spiro atoms. The molecule has 226 valence electrons. The van der Waals surface area contributed by atoms with Crippen molar-refractivity contribution in [2.45, 2.75) is 89.4 Å². The van der Waals surface area contributed by atoms with Crippen molar-refractivity contribution in [2.24, 2.45) is 0 Å². The fourth-order valence-corrected chi connectivity index (χ4v) is 5.03. The smallest absolute Gasteiger partial charge is 0.407 e. The number of nitrogens with one attached hydrogen (secondary N) is 3. The molecule has 3 heterocycles. The van der Waals surface area contributed by atoms with Crippen molar-refractivity contribution in [1.82, 2.24) is 20.1 Å². The van der Waals surface area contributed by atoms with Crippen molar-refractivity contribution < 1.29 is 27.4 Å². The lowest BCUT2D eigenvalue weighted by Gasteiger charge is -2.39. The molecule has 1 fully saturated rings. The molecule has 1 aliphatic heterocycles. The molecule has 3 unspecified atom stereocenters. The first-order chi connectivity index (χ1) is 19.6. The van der Waals surface area contributed by atoms with Crippen LogP contribution in [-0.2, 0) is 19.8 Å². The summed E-state index contributed by atoms with van der Waals surface area (Å²) in [5.41, 5.74) is -1.21. The lowest BCUT2D eigenvalue weighted by Crippen LogP contribution is -2.47. The molecule has 3 aromatic rings. The Morgan fingerprint density at radius 1 is 1.26 bits per heavy atom. The van der Waals surface area contributed by atoms with Crippen molar-refractivity contribution in [3.05, 3.63) is 52.4 Å². The van der Waals surface area contributed by atoms with Crippen LogP contribution in [0.5, 0.6) is 0 Å². The highest BCUT2D eigenvalue weighted by atomic mass is 19.4. The zero-order valence-electron chi connectivity index (χ0n) is 24.1. The van der Waals surface area contributed by atoms with Gasteiger partial charge in [0, 0.05) is 17.9 Å². The predicted octanol–water partition coefficient (Wildman–Crippen LogP) is 5.20. The number of fused-ring (bicyclic) bond motifs is 1. The van der Waals surface area contributed by atoms with E-state index in [1.165, 1.54) is 30.5 Å². The Morgan fingerprint density at radius 2 is 1.95 bits per heavy atom. The lowest BCUT2D eigenvalue weighted by molar-refractivity contribution is -0.176. The molecule has 0 aliphatic carbocycles. The van der Waals surface area contributed by atoms with Gasteiger partial charge in [-0.05, 0) is 57.4 Å². The number of pyridine rings is 1. The van der Waals surface area contributed by atoms with E-state index in [9.17, 15) is 28.0 Å². The standard InChI is InChI=1S/C29H35F3N6O4/c1-17(2)35-23(29(30,31)32)18-6-8-19(9-7-18)36-24-22-20(11-15-34-25(22)39)38(37-24)28(13-14-33)12-10-21(41-16-28)26(40)42-27(3,4)5/h6-9,11,15,17,21,23,35H,10,12-13,16H2,1-5H3,(H,34,39)(H,36,37). The third-order valence-corrected chi connectivity index (χ3v) is 6.89. The highest BCUT2D eigenvalue weighted by Gasteiger charge is 2.43. The molecule has 0 amide bonds. The Kier molecular flexibility index (Phi) is 8.71. The number of alkyl halides is 3. The zero-order chi connectivity index (χ0) is 30.9. The first kappa shape index (κ1) is 31.1. The first-order valence-corrected chi connectivity index (χ1v) is 13.7. The summed E-state index contributed by atoms with van der Waals surface area (Å²) in [5, 5.41) is 20.2. The van der Waals surface area contributed by atoms with Crippen LogP contribution >= 0.6 is 0 Å². The maximum absolute atomic E-state index is 13.7. The van der Waals surface area contributed by atoms with Crippen molar-refractivity contribution in [1.29, 1.82) is 5.26 Å². The van der Waals surface area contributed by atoms with Gasteiger partial charge in [-0.2, -0.15) is 23.5 Å². The van der Waals surface area contributed by atoms with Crippen LogP contribution in [0, 0.1) is 11.3 Å². The number of nitriles is 1. The number of aromatic nitrogens is 3. The number of carbonyl (C=O) groups is 1. The quantitative estimate of drug-likeness (QED) is 0.306. The van der Waals surface area contributed by atoms with Gasteiger partial charge >= 0.3 is 12.1 Å². The number of hydrogen-bond acceptors (Lipinski definition) is 8. The summed E-state index contributed by atoms with van der Waals surface area (Å²) >= 11 is 0. The molecule has 2 aromatic heterocycles. The van der Waals surface area contributed by atoms with Crippen LogP contribution < -0.4 is 16.2 Å². The Bertz CT molecular complexity index is 1510. The van der Waals surface area contributed by atoms with E-state index in [2.05, 4.69) is 26.8 Å². The highest BCUT2D eigenvalue weighted by molar-refractivity contribution is 5.91. The second-order valence-corrected chi connectivity index (χ2v) is 11.8. The van der Waals surface area contributed by atoms with Crippen molar-refractivity contribution >= 4 is 28.4 Å². The fourth-order valence-electron chi connectivity index (χ4n) is 5.03. The van der Waals surface area contributed by atoms with E-state index in [0.717, 1.165) is 0 Å². The number of benzene rings is 1. The average Bonchev–Trinajstić information content (AvgIpc) is 3.27. The van der Waals surface area contributed by atoms with E-state index in [4.69, 9.17) is 9.47 Å². The molecule has 4 rings (SSSR count). The summed E-state index contributed by atoms with van der Waals surface area (Å²) in [4.78, 5) is 28.2. The van der Waals surface area contributed by atoms with Gasteiger partial charge in [0.15, 0.2) is 11.9 Å². The van der Waals surface area contributed by atoms with Crippen molar-refractivity contribution in [3.8, 4) is 6.07 Å². The SMILES string of the molecule is CC(C)NC(c1ccc(Nc2nn(C3(CC#N)CCC(C(=O)OC(C)(C)C)OC3)c3cc[nH]c(=O)c23)cc1)C(F)(F)F. The van der Waals surface area contributed by atoms with Gasteiger partial charge in [0.2, 0.25) is 0 Å². The number of rotatable bonds is 8. The van der Waals surface area contributed by atoms with Crippen molar-refractivity contribution in [2.75, 3.05) is 11.9 Å². The number of hydrogen-bond donors (Lipinski definition) is 3. The Balaban J connectivity index is 1.66. The zero-order valence-corrected chi connectivity index (χ0v) is 24.1. The maximum atomic E-state index is 13.7. The fraction of sp³-hybridized carbons (Fsp3) is 0.517. The van der Waals surface area contributed by atoms with Gasteiger partial charge in [-0.1, -0.05) is 26.0 Å². The van der Waals surface area contributed by atoms with E-state index in [1.54, 1.807) is 45.4 Å². The minimum Gasteiger partial charge on any atom is -0.458 e. The number of nitrogens with zero attached hydrogens (tertiary/aromatic N) is 3. The number of H-pyrrole nitrogens is 1. The summed E-state index contributed by atoms with van der Waals surface area (Å²) in [6.45, 7) is 8.55. The summed E-state index contributed by atoms with van der Waals surface area (Å²) in [6, 6.07) is 7.30. The van der Waals surface area contributed by atoms with E-state index in [0.29, 0.717) is 17.6 Å². The molecule has 10 nitrogen and oxygen atoms in total. The minimum atomic E-state index is -4.49. The van der Waals surface area contributed by atoms with Crippen molar-refractivity contribution in [3.63, 3.8) is 0 Å². The number of anilines is 2. The van der Waals surface area contributed by atoms with E-state index >= 15 is 0 Å². The third-order valence-electron chi connectivity index (χ3n) is 6.89. The number of aromatic amines is 1. The Hall–Kier alpha value is -3.89. The van der Waals surface area contributed by atoms with Gasteiger partial charge in [0.25, 0.3) is 5.56 Å². The number of esters is 1. The second-order valence-electron chi connectivity index (χ2n) is 11.8. The van der Waals surface area contributed by atoms with Gasteiger partial charge in [0.05, 0.1) is 30.2 Å². The van der Waals surface area contributed by atoms with Gasteiger partial charge in [-0.3, -0.25) is 9.48 Å². The third kappa shape index (κ3) is 6.77. The van der Waals surface area contributed by atoms with Gasteiger partial charge in [0.1, 0.15) is 17.0 Å². The topological polar surface area (TPSA) is 134 Å². The molecule has 0 radical (unpaired) electrons. The summed E-state index contributed by atoms with van der Waals surface area (Å²) in [7, 11) is 0. The molecule has 0 saturated carbocycles. The molecule has 3 atom stereocenters. The second kappa shape index (κ2) is 11.8. The maximum Gasteiger partial charge on any atom is 0.407 e. The molecular weight excluding hydrogens is 553 g/mol. The van der Waals surface area contributed by atoms with Crippen LogP contribution in [0.25, 0.3) is 10.9 Å². The highest BCUT2D eigenvalue weighted by Crippen LogP contribution is 2.38. The van der Waals surface area contributed by atoms with Gasteiger partial charge in [-0.25, -0.2) is 4.79 Å². The van der Waals surface area contributed by atoms with Crippen LogP contribution in [-0.4, -0.2) is 51.3 Å². The van der Waals surface area contributed by atoms with Crippen LogP contribution in [0.4, 0.5) is 24.7 Å². The first-order valence-electron chi connectivity index (χ1n) is 13.7. The molecule has 1 saturated heterocycles. The van der Waals surface area contributed by atoms with Gasteiger partial charge < -0.3 is 25.1 Å². The normalized spacial score (nSPS) is 20.3. The lowest BCUT2D eigenvalue weighted by atomic mass is 9.87. The summed E-state index contributed by atoms with van der Waals surface area (Å²) in [6.07, 6.45) is -3.20. The van der Waals surface area contributed by atoms with E-state index in [1.807, 2.05) is 0 Å². The average molecular weight is 589 g/mol. The summed E-state index contributed by atoms with van der Waals surface area (Å²) < 4.78 is 53.9. The molecule has 3 N–H and O–H groups in total. The monoisotopic (exact) mass is 588 g/mol. The van der Waals surface area contributed by atoms with E-state index in [-0.39, 0.29) is 42.3 Å². The Labute approximate surface area is 241 Å². The van der Waals surface area contributed by atoms with Gasteiger partial charge in [-0.15, -0.1) is 0 Å². The number of carbonyl (C=O) groups excluding carboxylic acids is 1. The molecule has 0 bridgehead atoms. The largest absolute Gasteiger partial charge is 0.458 e. The van der Waals surface area contributed by atoms with Crippen LogP contribution in [0.1, 0.15) is 65.5 Å². The molecule has 13 heteroatoms. The number of ether oxygens (including phenoxy) is 2. The van der Waals surface area contributed by atoms with Crippen LogP contribution in [0.15, 0.2) is 41.3 Å².